The van der Waals surface area contributed by atoms with E-state index in [2.05, 4.69) is 4.99 Å². The number of aliphatic hydroxyl groups is 1. The number of hydrogen-bond donors (Lipinski definition) is 2. The Hall–Kier alpha value is -4.07. The van der Waals surface area contributed by atoms with Gasteiger partial charge in [-0.25, -0.2) is 9.69 Å². The van der Waals surface area contributed by atoms with Crippen molar-refractivity contribution in [2.75, 3.05) is 4.90 Å². The number of carbonyl (C=O) groups excluding carboxylic acids is 3. The molecule has 5 rings (SSSR count). The number of carboxylic acids is 1. The number of nitrogens with zero attached hydrogens (tertiary/aromatic N) is 2. The minimum Gasteiger partial charge on any atom is -0.506 e. The third-order valence-electron chi connectivity index (χ3n) is 5.68. The molecule has 0 radical (unpaired) electrons. The number of fused-ring (bicyclic) bond motifs is 2. The number of hydrogen-bond acceptors (Lipinski definition) is 6. The van der Waals surface area contributed by atoms with Crippen LogP contribution in [0.3, 0.4) is 0 Å². The molecule has 0 bridgehead atoms. The standard InChI is InChI=1S/C22H14N2O6/c25-18-11-8-4-5-9-12(11)19(26)15(18)16-13-14(17(23-16)22(29)30)21(28)24(20(13)27)10-6-2-1-3-7-10/h1-9,13-14,17,25H,(H,29,30)/t13-,14+,17-/m0/s1. The second kappa shape index (κ2) is 6.21. The van der Waals surface area contributed by atoms with Gasteiger partial charge >= 0.3 is 5.97 Å². The van der Waals surface area contributed by atoms with Gasteiger partial charge in [-0.15, -0.1) is 0 Å². The van der Waals surface area contributed by atoms with Crippen LogP contribution in [0.1, 0.15) is 15.9 Å². The molecule has 1 aliphatic carbocycles. The number of allylic oxidation sites excluding steroid dienone is 1. The molecule has 0 saturated carbocycles. The lowest BCUT2D eigenvalue weighted by Gasteiger charge is -2.16. The monoisotopic (exact) mass is 402 g/mol. The van der Waals surface area contributed by atoms with Gasteiger partial charge in [0.1, 0.15) is 5.76 Å². The fraction of sp³-hybridized carbons (Fsp3) is 0.136. The van der Waals surface area contributed by atoms with Crippen LogP contribution in [-0.2, 0) is 14.4 Å². The highest BCUT2D eigenvalue weighted by Crippen LogP contribution is 2.44. The number of imide groups is 1. The zero-order chi connectivity index (χ0) is 21.2. The van der Waals surface area contributed by atoms with Gasteiger partial charge < -0.3 is 10.2 Å². The first kappa shape index (κ1) is 18.0. The van der Waals surface area contributed by atoms with E-state index in [4.69, 9.17) is 0 Å². The van der Waals surface area contributed by atoms with Crippen molar-refractivity contribution in [2.45, 2.75) is 6.04 Å². The number of ketones is 1. The Kier molecular flexibility index (Phi) is 3.73. The highest BCUT2D eigenvalue weighted by Gasteiger charge is 2.60. The number of aliphatic carboxylic acids is 1. The van der Waals surface area contributed by atoms with Crippen molar-refractivity contribution in [3.05, 3.63) is 71.3 Å². The van der Waals surface area contributed by atoms with Gasteiger partial charge in [0.15, 0.2) is 11.8 Å². The van der Waals surface area contributed by atoms with E-state index in [0.717, 1.165) is 4.90 Å². The van der Waals surface area contributed by atoms with Crippen molar-refractivity contribution in [3.8, 4) is 0 Å². The molecule has 8 heteroatoms. The van der Waals surface area contributed by atoms with Gasteiger partial charge in [-0.3, -0.25) is 19.4 Å². The van der Waals surface area contributed by atoms with Gasteiger partial charge in [0.2, 0.25) is 11.8 Å². The number of carbonyl (C=O) groups is 4. The van der Waals surface area contributed by atoms with Crippen LogP contribution in [-0.4, -0.2) is 45.5 Å². The number of para-hydroxylation sites is 1. The molecular formula is C22H14N2O6. The van der Waals surface area contributed by atoms with Gasteiger partial charge in [-0.1, -0.05) is 42.5 Å². The normalized spacial score (nSPS) is 24.9. The molecule has 148 valence electrons. The maximum absolute atomic E-state index is 13.2. The Morgan fingerprint density at radius 3 is 2.17 bits per heavy atom. The zero-order valence-electron chi connectivity index (χ0n) is 15.4. The van der Waals surface area contributed by atoms with Crippen molar-refractivity contribution in [3.63, 3.8) is 0 Å². The van der Waals surface area contributed by atoms with Crippen LogP contribution < -0.4 is 4.90 Å². The first-order chi connectivity index (χ1) is 14.4. The quantitative estimate of drug-likeness (QED) is 0.755. The van der Waals surface area contributed by atoms with Crippen LogP contribution in [0.5, 0.6) is 0 Å². The molecule has 2 amide bonds. The third-order valence-corrected chi connectivity index (χ3v) is 5.68. The molecule has 30 heavy (non-hydrogen) atoms. The number of benzene rings is 2. The van der Waals surface area contributed by atoms with Gasteiger partial charge in [0.05, 0.1) is 28.8 Å². The van der Waals surface area contributed by atoms with E-state index in [1.54, 1.807) is 48.5 Å². The van der Waals surface area contributed by atoms with Crippen molar-refractivity contribution in [2.24, 2.45) is 16.8 Å². The molecular weight excluding hydrogens is 388 g/mol. The maximum atomic E-state index is 13.2. The Bertz CT molecular complexity index is 1210. The highest BCUT2D eigenvalue weighted by atomic mass is 16.4. The predicted octanol–water partition coefficient (Wildman–Crippen LogP) is 1.87. The third kappa shape index (κ3) is 2.24. The van der Waals surface area contributed by atoms with Gasteiger partial charge in [-0.05, 0) is 12.1 Å². The van der Waals surface area contributed by atoms with Gasteiger partial charge in [0.25, 0.3) is 0 Å². The van der Waals surface area contributed by atoms with E-state index in [0.29, 0.717) is 5.69 Å². The molecule has 3 aliphatic rings. The van der Waals surface area contributed by atoms with E-state index >= 15 is 0 Å². The molecule has 2 N–H and O–H groups in total. The predicted molar refractivity (Wildman–Crippen MR) is 105 cm³/mol. The Morgan fingerprint density at radius 2 is 1.53 bits per heavy atom. The number of aliphatic hydroxyl groups excluding tert-OH is 1. The number of rotatable bonds is 3. The number of Topliss-reactive ketones (excluding diaryl/α,β-unsaturated/α-hetero) is 1. The molecule has 3 atom stereocenters. The SMILES string of the molecule is O=C1C(C2=N[C@H](C(=O)O)[C@@H]3C(=O)N(c4ccccc4)C(=O)[C@H]23)=C(O)c2ccccc21. The molecule has 1 saturated heterocycles. The molecule has 2 aliphatic heterocycles. The first-order valence-corrected chi connectivity index (χ1v) is 9.23. The molecule has 0 spiro atoms. The van der Waals surface area contributed by atoms with Crippen LogP contribution in [0.4, 0.5) is 5.69 Å². The molecule has 0 aromatic heterocycles. The average Bonchev–Trinajstić information content (AvgIpc) is 3.33. The largest absolute Gasteiger partial charge is 0.506 e. The summed E-state index contributed by atoms with van der Waals surface area (Å²) in [5, 5.41) is 20.3. The number of carboxylic acid groups (broad SMARTS) is 1. The lowest BCUT2D eigenvalue weighted by atomic mass is 9.85. The number of aliphatic imine (C=N–C) groups is 1. The topological polar surface area (TPSA) is 124 Å². The number of anilines is 1. The Balaban J connectivity index is 1.65. The average molecular weight is 402 g/mol. The van der Waals surface area contributed by atoms with Crippen molar-refractivity contribution < 1.29 is 29.4 Å². The summed E-state index contributed by atoms with van der Waals surface area (Å²) < 4.78 is 0. The summed E-state index contributed by atoms with van der Waals surface area (Å²) in [4.78, 5) is 56.1. The second-order valence-electron chi connectivity index (χ2n) is 7.25. The van der Waals surface area contributed by atoms with E-state index in [-0.39, 0.29) is 28.2 Å². The summed E-state index contributed by atoms with van der Waals surface area (Å²) >= 11 is 0. The highest BCUT2D eigenvalue weighted by molar-refractivity contribution is 6.42. The summed E-state index contributed by atoms with van der Waals surface area (Å²) in [6.07, 6.45) is 0. The van der Waals surface area contributed by atoms with Crippen molar-refractivity contribution >= 4 is 40.7 Å². The second-order valence-corrected chi connectivity index (χ2v) is 7.25. The summed E-state index contributed by atoms with van der Waals surface area (Å²) in [6, 6.07) is 13.0. The first-order valence-electron chi connectivity index (χ1n) is 9.23. The summed E-state index contributed by atoms with van der Waals surface area (Å²) in [6.45, 7) is 0. The Morgan fingerprint density at radius 1 is 0.900 bits per heavy atom. The van der Waals surface area contributed by atoms with Crippen LogP contribution in [0, 0.1) is 11.8 Å². The lowest BCUT2D eigenvalue weighted by molar-refractivity contribution is -0.141. The van der Waals surface area contributed by atoms with Crippen molar-refractivity contribution in [1.29, 1.82) is 0 Å². The zero-order valence-corrected chi connectivity index (χ0v) is 15.4. The smallest absolute Gasteiger partial charge is 0.329 e. The van der Waals surface area contributed by atoms with Crippen LogP contribution in [0.25, 0.3) is 5.76 Å². The van der Waals surface area contributed by atoms with Crippen LogP contribution in [0.2, 0.25) is 0 Å². The minimum atomic E-state index is -1.52. The van der Waals surface area contributed by atoms with E-state index in [1.807, 2.05) is 0 Å². The van der Waals surface area contributed by atoms with Crippen molar-refractivity contribution in [1.82, 2.24) is 0 Å². The van der Waals surface area contributed by atoms with Crippen LogP contribution >= 0.6 is 0 Å². The fourth-order valence-electron chi connectivity index (χ4n) is 4.37. The van der Waals surface area contributed by atoms with E-state index in [1.165, 1.54) is 6.07 Å². The fourth-order valence-corrected chi connectivity index (χ4v) is 4.37. The van der Waals surface area contributed by atoms with Gasteiger partial charge in [0, 0.05) is 11.1 Å². The van der Waals surface area contributed by atoms with E-state index in [9.17, 15) is 29.4 Å². The molecule has 2 heterocycles. The van der Waals surface area contributed by atoms with E-state index < -0.39 is 41.4 Å². The molecule has 2 aromatic carbocycles. The number of amides is 2. The summed E-state index contributed by atoms with van der Waals surface area (Å²) in [5.41, 5.74) is 0.463. The molecule has 2 aromatic rings. The molecule has 1 fully saturated rings. The maximum Gasteiger partial charge on any atom is 0.329 e. The lowest BCUT2D eigenvalue weighted by Crippen LogP contribution is -2.35. The molecule has 0 unspecified atom stereocenters. The molecule has 8 nitrogen and oxygen atoms in total. The van der Waals surface area contributed by atoms with Crippen LogP contribution in [0.15, 0.2) is 65.2 Å². The van der Waals surface area contributed by atoms with Gasteiger partial charge in [-0.2, -0.15) is 0 Å². The summed E-state index contributed by atoms with van der Waals surface area (Å²) in [5.74, 6) is -6.17. The minimum absolute atomic E-state index is 0.150. The summed E-state index contributed by atoms with van der Waals surface area (Å²) in [7, 11) is 0. The Labute approximate surface area is 169 Å².